The Kier molecular flexibility index (Phi) is 6.86. The summed E-state index contributed by atoms with van der Waals surface area (Å²) in [6.45, 7) is 1.85. The first-order chi connectivity index (χ1) is 11.1. The van der Waals surface area contributed by atoms with Crippen LogP contribution in [0.5, 0.6) is 0 Å². The van der Waals surface area contributed by atoms with Crippen molar-refractivity contribution in [3.05, 3.63) is 0 Å². The number of esters is 1. The normalized spacial score (nSPS) is 36.7. The Morgan fingerprint density at radius 1 is 1.22 bits per heavy atom. The van der Waals surface area contributed by atoms with Crippen LogP contribution in [0.3, 0.4) is 0 Å². The molecule has 5 atom stereocenters. The molecule has 134 valence electrons. The maximum atomic E-state index is 11.5. The van der Waals surface area contributed by atoms with Crippen LogP contribution in [0.15, 0.2) is 0 Å². The third kappa shape index (κ3) is 4.06. The van der Waals surface area contributed by atoms with E-state index in [4.69, 9.17) is 9.47 Å². The molecule has 2 rings (SSSR count). The lowest BCUT2D eigenvalue weighted by Gasteiger charge is -2.46. The fourth-order valence-electron chi connectivity index (χ4n) is 5.20. The summed E-state index contributed by atoms with van der Waals surface area (Å²) in [4.78, 5) is 11.5. The highest BCUT2D eigenvalue weighted by Crippen LogP contribution is 2.60. The molecule has 2 aliphatic carbocycles. The van der Waals surface area contributed by atoms with E-state index in [-0.39, 0.29) is 42.7 Å². The van der Waals surface area contributed by atoms with Gasteiger partial charge < -0.3 is 19.7 Å². The van der Waals surface area contributed by atoms with Crippen molar-refractivity contribution in [2.75, 3.05) is 20.3 Å². The van der Waals surface area contributed by atoms with E-state index in [2.05, 4.69) is 0 Å². The molecule has 2 aliphatic rings. The van der Waals surface area contributed by atoms with Crippen LogP contribution in [-0.2, 0) is 14.3 Å². The second-order valence-electron chi connectivity index (χ2n) is 7.25. The van der Waals surface area contributed by atoms with E-state index in [1.165, 1.54) is 6.92 Å². The molecular formula is C18H32O5. The zero-order chi connectivity index (χ0) is 16.9. The minimum atomic E-state index is -0.219. The van der Waals surface area contributed by atoms with E-state index in [9.17, 15) is 15.0 Å². The third-order valence-corrected chi connectivity index (χ3v) is 6.12. The maximum absolute atomic E-state index is 11.5. The average molecular weight is 328 g/mol. The number of rotatable bonds is 8. The molecule has 5 heteroatoms. The predicted octanol–water partition coefficient (Wildman–Crippen LogP) is 2.28. The highest BCUT2D eigenvalue weighted by Gasteiger charge is 2.56. The molecule has 0 amide bonds. The van der Waals surface area contributed by atoms with Gasteiger partial charge in [-0.15, -0.1) is 0 Å². The molecule has 0 spiro atoms. The van der Waals surface area contributed by atoms with Gasteiger partial charge in [0.2, 0.25) is 0 Å². The smallest absolute Gasteiger partial charge is 0.302 e. The summed E-state index contributed by atoms with van der Waals surface area (Å²) in [6.07, 6.45) is 7.60. The van der Waals surface area contributed by atoms with E-state index < -0.39 is 0 Å². The van der Waals surface area contributed by atoms with E-state index >= 15 is 0 Å². The number of carbonyl (C=O) groups is 1. The van der Waals surface area contributed by atoms with Crippen LogP contribution in [0, 0.1) is 17.3 Å². The first kappa shape index (κ1) is 18.7. The van der Waals surface area contributed by atoms with Crippen LogP contribution in [0.4, 0.5) is 0 Å². The minimum absolute atomic E-state index is 0.0571. The second-order valence-corrected chi connectivity index (χ2v) is 7.25. The number of fused-ring (bicyclic) bond motifs is 1. The fourth-order valence-corrected chi connectivity index (χ4v) is 5.20. The maximum Gasteiger partial charge on any atom is 0.302 e. The quantitative estimate of drug-likeness (QED) is 0.669. The number of hydrogen-bond acceptors (Lipinski definition) is 5. The SMILES string of the molecule is CO[C@H]1CC[C@@]2(CCCO)C(C1)C[C@H](OC(C)=O)[C@@H]2CCCO. The van der Waals surface area contributed by atoms with Crippen molar-refractivity contribution in [2.45, 2.75) is 70.5 Å². The first-order valence-corrected chi connectivity index (χ1v) is 8.99. The van der Waals surface area contributed by atoms with Crippen LogP contribution in [0.25, 0.3) is 0 Å². The van der Waals surface area contributed by atoms with Gasteiger partial charge in [0.05, 0.1) is 6.10 Å². The minimum Gasteiger partial charge on any atom is -0.462 e. The lowest BCUT2D eigenvalue weighted by molar-refractivity contribution is -0.149. The van der Waals surface area contributed by atoms with Gasteiger partial charge in [-0.3, -0.25) is 4.79 Å². The molecule has 2 saturated carbocycles. The average Bonchev–Trinajstić information content (AvgIpc) is 2.82. The molecule has 1 unspecified atom stereocenters. The van der Waals surface area contributed by atoms with Crippen molar-refractivity contribution in [1.82, 2.24) is 0 Å². The van der Waals surface area contributed by atoms with E-state index in [1.807, 2.05) is 0 Å². The number of ether oxygens (including phenoxy) is 2. The van der Waals surface area contributed by atoms with E-state index in [0.29, 0.717) is 5.92 Å². The molecule has 0 aromatic heterocycles. The zero-order valence-electron chi connectivity index (χ0n) is 14.5. The van der Waals surface area contributed by atoms with Crippen molar-refractivity contribution in [3.8, 4) is 0 Å². The summed E-state index contributed by atoms with van der Waals surface area (Å²) >= 11 is 0. The highest BCUT2D eigenvalue weighted by atomic mass is 16.5. The monoisotopic (exact) mass is 328 g/mol. The molecule has 0 radical (unpaired) electrons. The summed E-state index contributed by atoms with van der Waals surface area (Å²) in [5, 5.41) is 18.6. The summed E-state index contributed by atoms with van der Waals surface area (Å²) in [6, 6.07) is 0. The second kappa shape index (κ2) is 8.45. The molecule has 0 saturated heterocycles. The van der Waals surface area contributed by atoms with Crippen LogP contribution in [-0.4, -0.2) is 48.7 Å². The van der Waals surface area contributed by atoms with Crippen molar-refractivity contribution in [1.29, 1.82) is 0 Å². The molecule has 0 aliphatic heterocycles. The fraction of sp³-hybridized carbons (Fsp3) is 0.944. The van der Waals surface area contributed by atoms with E-state index in [0.717, 1.165) is 51.4 Å². The molecular weight excluding hydrogens is 296 g/mol. The highest BCUT2D eigenvalue weighted by molar-refractivity contribution is 5.66. The van der Waals surface area contributed by atoms with Gasteiger partial charge in [-0.1, -0.05) is 0 Å². The molecule has 0 aromatic rings. The van der Waals surface area contributed by atoms with Gasteiger partial charge in [-0.2, -0.15) is 0 Å². The first-order valence-electron chi connectivity index (χ1n) is 8.99. The molecule has 2 N–H and O–H groups in total. The number of methoxy groups -OCH3 is 1. The van der Waals surface area contributed by atoms with E-state index in [1.54, 1.807) is 7.11 Å². The molecule has 5 nitrogen and oxygen atoms in total. The predicted molar refractivity (Wildman–Crippen MR) is 86.9 cm³/mol. The number of carbonyl (C=O) groups excluding carboxylic acids is 1. The summed E-state index contributed by atoms with van der Waals surface area (Å²) in [5.74, 6) is 0.539. The molecule has 0 bridgehead atoms. The third-order valence-electron chi connectivity index (χ3n) is 6.12. The summed E-state index contributed by atoms with van der Waals surface area (Å²) in [5.41, 5.74) is 0.118. The van der Waals surface area contributed by atoms with Crippen molar-refractivity contribution < 1.29 is 24.5 Å². The molecule has 0 aromatic carbocycles. The van der Waals surface area contributed by atoms with Gasteiger partial charge >= 0.3 is 5.97 Å². The number of aliphatic hydroxyl groups excluding tert-OH is 2. The zero-order valence-corrected chi connectivity index (χ0v) is 14.5. The molecule has 23 heavy (non-hydrogen) atoms. The Labute approximate surface area is 139 Å². The van der Waals surface area contributed by atoms with Crippen LogP contribution >= 0.6 is 0 Å². The van der Waals surface area contributed by atoms with Gasteiger partial charge in [0, 0.05) is 33.2 Å². The van der Waals surface area contributed by atoms with Crippen molar-refractivity contribution in [2.24, 2.45) is 17.3 Å². The van der Waals surface area contributed by atoms with Gasteiger partial charge in [0.1, 0.15) is 6.10 Å². The lowest BCUT2D eigenvalue weighted by Crippen LogP contribution is -2.41. The Morgan fingerprint density at radius 3 is 2.57 bits per heavy atom. The van der Waals surface area contributed by atoms with Crippen LogP contribution in [0.1, 0.15) is 58.3 Å². The Morgan fingerprint density at radius 2 is 1.96 bits per heavy atom. The lowest BCUT2D eigenvalue weighted by atomic mass is 9.60. The Bertz CT molecular complexity index is 386. The Balaban J connectivity index is 2.23. The van der Waals surface area contributed by atoms with Gasteiger partial charge in [-0.25, -0.2) is 0 Å². The number of hydrogen-bond donors (Lipinski definition) is 2. The van der Waals surface area contributed by atoms with Crippen LogP contribution < -0.4 is 0 Å². The largest absolute Gasteiger partial charge is 0.462 e. The summed E-state index contributed by atoms with van der Waals surface area (Å²) in [7, 11) is 1.77. The van der Waals surface area contributed by atoms with Gasteiger partial charge in [0.25, 0.3) is 0 Å². The number of aliphatic hydroxyl groups is 2. The van der Waals surface area contributed by atoms with Gasteiger partial charge in [-0.05, 0) is 62.7 Å². The Hall–Kier alpha value is -0.650. The molecule has 0 heterocycles. The standard InChI is InChI=1S/C18H32O5/c1-13(21)23-17-12-14-11-15(22-2)6-8-18(14,7-4-10-20)16(17)5-3-9-19/h14-17,19-20H,3-12H2,1-2H3/t14?,15-,16-,17-,18-/m0/s1. The summed E-state index contributed by atoms with van der Waals surface area (Å²) < 4.78 is 11.2. The molecule has 2 fully saturated rings. The van der Waals surface area contributed by atoms with Gasteiger partial charge in [0.15, 0.2) is 0 Å². The van der Waals surface area contributed by atoms with Crippen LogP contribution in [0.2, 0.25) is 0 Å². The van der Waals surface area contributed by atoms with Crippen molar-refractivity contribution in [3.63, 3.8) is 0 Å². The van der Waals surface area contributed by atoms with Crippen molar-refractivity contribution >= 4 is 5.97 Å². The topological polar surface area (TPSA) is 76.0 Å².